The molecule has 15 heavy (non-hydrogen) atoms. The fourth-order valence-electron chi connectivity index (χ4n) is 1.52. The normalized spacial score (nSPS) is 14.9. The third kappa shape index (κ3) is 4.40. The van der Waals surface area contributed by atoms with Crippen LogP contribution in [0.15, 0.2) is 24.5 Å². The van der Waals surface area contributed by atoms with Crippen LogP contribution in [0.5, 0.6) is 0 Å². The van der Waals surface area contributed by atoms with Crippen molar-refractivity contribution in [3.05, 3.63) is 30.1 Å². The van der Waals surface area contributed by atoms with Crippen LogP contribution in [0, 0.1) is 0 Å². The van der Waals surface area contributed by atoms with Gasteiger partial charge < -0.3 is 10.1 Å². The van der Waals surface area contributed by atoms with Gasteiger partial charge in [-0.3, -0.25) is 4.98 Å². The Morgan fingerprint density at radius 3 is 2.60 bits per heavy atom. The highest BCUT2D eigenvalue weighted by molar-refractivity contribution is 5.14. The minimum Gasteiger partial charge on any atom is -0.380 e. The Morgan fingerprint density at radius 2 is 2.00 bits per heavy atom. The molecular formula is C12H20N2O. The quantitative estimate of drug-likeness (QED) is 0.778. The van der Waals surface area contributed by atoms with E-state index in [4.69, 9.17) is 4.74 Å². The van der Waals surface area contributed by atoms with Crippen molar-refractivity contribution < 1.29 is 4.74 Å². The summed E-state index contributed by atoms with van der Waals surface area (Å²) in [5.74, 6) is 0. The van der Waals surface area contributed by atoms with Gasteiger partial charge in [-0.1, -0.05) is 0 Å². The number of hydrogen-bond donors (Lipinski definition) is 1. The van der Waals surface area contributed by atoms with Crippen molar-refractivity contribution >= 4 is 0 Å². The third-order valence-electron chi connectivity index (χ3n) is 2.31. The maximum atomic E-state index is 5.36. The lowest BCUT2D eigenvalue weighted by Crippen LogP contribution is -2.32. The Hall–Kier alpha value is -0.930. The summed E-state index contributed by atoms with van der Waals surface area (Å²) >= 11 is 0. The van der Waals surface area contributed by atoms with Crippen LogP contribution < -0.4 is 5.32 Å². The molecule has 1 heterocycles. The molecule has 84 valence electrons. The van der Waals surface area contributed by atoms with E-state index in [1.54, 1.807) is 0 Å². The predicted octanol–water partition coefficient (Wildman–Crippen LogP) is 2.16. The van der Waals surface area contributed by atoms with Gasteiger partial charge in [0.05, 0.1) is 6.61 Å². The molecular weight excluding hydrogens is 188 g/mol. The van der Waals surface area contributed by atoms with E-state index in [0.29, 0.717) is 12.1 Å². The zero-order valence-corrected chi connectivity index (χ0v) is 9.73. The maximum Gasteiger partial charge on any atom is 0.0616 e. The van der Waals surface area contributed by atoms with Crippen LogP contribution in [-0.2, 0) is 4.74 Å². The van der Waals surface area contributed by atoms with E-state index in [1.165, 1.54) is 5.56 Å². The molecule has 0 fully saturated rings. The van der Waals surface area contributed by atoms with Crippen molar-refractivity contribution in [2.45, 2.75) is 32.9 Å². The van der Waals surface area contributed by atoms with Gasteiger partial charge in [-0.05, 0) is 38.5 Å². The van der Waals surface area contributed by atoms with Crippen LogP contribution in [0.3, 0.4) is 0 Å². The summed E-state index contributed by atoms with van der Waals surface area (Å²) in [6.07, 6.45) is 3.64. The van der Waals surface area contributed by atoms with Crippen molar-refractivity contribution in [2.24, 2.45) is 0 Å². The molecule has 0 amide bonds. The number of nitrogens with zero attached hydrogens (tertiary/aromatic N) is 1. The molecule has 0 bridgehead atoms. The van der Waals surface area contributed by atoms with Gasteiger partial charge in [-0.25, -0.2) is 0 Å². The molecule has 0 radical (unpaired) electrons. The van der Waals surface area contributed by atoms with E-state index in [2.05, 4.69) is 24.1 Å². The highest BCUT2D eigenvalue weighted by Gasteiger charge is 2.08. The summed E-state index contributed by atoms with van der Waals surface area (Å²) in [5, 5.41) is 3.48. The van der Waals surface area contributed by atoms with Gasteiger partial charge >= 0.3 is 0 Å². The Labute approximate surface area is 91.9 Å². The van der Waals surface area contributed by atoms with Crippen molar-refractivity contribution in [2.75, 3.05) is 13.2 Å². The van der Waals surface area contributed by atoms with E-state index < -0.39 is 0 Å². The van der Waals surface area contributed by atoms with E-state index in [0.717, 1.165) is 13.2 Å². The second kappa shape index (κ2) is 6.53. The monoisotopic (exact) mass is 208 g/mol. The van der Waals surface area contributed by atoms with Crippen LogP contribution in [-0.4, -0.2) is 24.2 Å². The minimum atomic E-state index is 0.337. The Bertz CT molecular complexity index is 264. The molecule has 0 aromatic carbocycles. The molecule has 3 nitrogen and oxygen atoms in total. The summed E-state index contributed by atoms with van der Waals surface area (Å²) < 4.78 is 5.36. The number of nitrogens with one attached hydrogen (secondary N) is 1. The predicted molar refractivity (Wildman–Crippen MR) is 61.7 cm³/mol. The standard InChI is InChI=1S/C12H20N2O/c1-4-15-9-10(2)14-11(3)12-5-7-13-8-6-12/h5-8,10-11,14H,4,9H2,1-3H3. The topological polar surface area (TPSA) is 34.1 Å². The van der Waals surface area contributed by atoms with E-state index >= 15 is 0 Å². The zero-order valence-electron chi connectivity index (χ0n) is 9.73. The summed E-state index contributed by atoms with van der Waals surface area (Å²) in [6.45, 7) is 7.83. The van der Waals surface area contributed by atoms with Crippen LogP contribution in [0.2, 0.25) is 0 Å². The van der Waals surface area contributed by atoms with Crippen molar-refractivity contribution in [3.8, 4) is 0 Å². The fourth-order valence-corrected chi connectivity index (χ4v) is 1.52. The lowest BCUT2D eigenvalue weighted by molar-refractivity contribution is 0.124. The molecule has 2 unspecified atom stereocenters. The van der Waals surface area contributed by atoms with Gasteiger partial charge in [0.2, 0.25) is 0 Å². The molecule has 3 heteroatoms. The average molecular weight is 208 g/mol. The van der Waals surface area contributed by atoms with E-state index in [-0.39, 0.29) is 0 Å². The van der Waals surface area contributed by atoms with E-state index in [1.807, 2.05) is 31.5 Å². The average Bonchev–Trinajstić information content (AvgIpc) is 2.27. The highest BCUT2D eigenvalue weighted by atomic mass is 16.5. The van der Waals surface area contributed by atoms with Crippen LogP contribution in [0.1, 0.15) is 32.4 Å². The number of rotatable bonds is 6. The van der Waals surface area contributed by atoms with Crippen LogP contribution in [0.4, 0.5) is 0 Å². The van der Waals surface area contributed by atoms with Crippen LogP contribution in [0.25, 0.3) is 0 Å². The number of hydrogen-bond acceptors (Lipinski definition) is 3. The lowest BCUT2D eigenvalue weighted by Gasteiger charge is -2.19. The highest BCUT2D eigenvalue weighted by Crippen LogP contribution is 2.10. The van der Waals surface area contributed by atoms with Gasteiger partial charge in [-0.2, -0.15) is 0 Å². The minimum absolute atomic E-state index is 0.337. The molecule has 1 aromatic heterocycles. The number of aromatic nitrogens is 1. The molecule has 0 aliphatic rings. The Balaban J connectivity index is 2.38. The Morgan fingerprint density at radius 1 is 1.33 bits per heavy atom. The molecule has 0 saturated heterocycles. The first-order valence-electron chi connectivity index (χ1n) is 5.47. The molecule has 0 saturated carbocycles. The second-order valence-electron chi connectivity index (χ2n) is 3.73. The van der Waals surface area contributed by atoms with E-state index in [9.17, 15) is 0 Å². The largest absolute Gasteiger partial charge is 0.380 e. The summed E-state index contributed by atoms with van der Waals surface area (Å²) in [4.78, 5) is 4.00. The Kier molecular flexibility index (Phi) is 5.29. The number of ether oxygens (including phenoxy) is 1. The maximum absolute atomic E-state index is 5.36. The number of pyridine rings is 1. The molecule has 1 N–H and O–H groups in total. The van der Waals surface area contributed by atoms with Gasteiger partial charge in [0.15, 0.2) is 0 Å². The summed E-state index contributed by atoms with van der Waals surface area (Å²) in [6, 6.07) is 4.77. The first-order valence-corrected chi connectivity index (χ1v) is 5.47. The first-order chi connectivity index (χ1) is 7.24. The smallest absolute Gasteiger partial charge is 0.0616 e. The molecule has 0 aliphatic carbocycles. The van der Waals surface area contributed by atoms with Crippen molar-refractivity contribution in [1.82, 2.24) is 10.3 Å². The molecule has 2 atom stereocenters. The first kappa shape index (κ1) is 12.1. The third-order valence-corrected chi connectivity index (χ3v) is 2.31. The van der Waals surface area contributed by atoms with Gasteiger partial charge in [0.1, 0.15) is 0 Å². The molecule has 0 aliphatic heterocycles. The second-order valence-corrected chi connectivity index (χ2v) is 3.73. The molecule has 1 rings (SSSR count). The van der Waals surface area contributed by atoms with Gasteiger partial charge in [-0.15, -0.1) is 0 Å². The summed E-state index contributed by atoms with van der Waals surface area (Å²) in [5.41, 5.74) is 1.26. The SMILES string of the molecule is CCOCC(C)NC(C)c1ccncc1. The van der Waals surface area contributed by atoms with Crippen LogP contribution >= 0.6 is 0 Å². The molecule has 1 aromatic rings. The lowest BCUT2D eigenvalue weighted by atomic mass is 10.1. The van der Waals surface area contributed by atoms with Gasteiger partial charge in [0, 0.05) is 31.1 Å². The summed E-state index contributed by atoms with van der Waals surface area (Å²) in [7, 11) is 0. The molecule has 0 spiro atoms. The zero-order chi connectivity index (χ0) is 11.1. The van der Waals surface area contributed by atoms with Gasteiger partial charge in [0.25, 0.3) is 0 Å². The van der Waals surface area contributed by atoms with Crippen molar-refractivity contribution in [1.29, 1.82) is 0 Å². The van der Waals surface area contributed by atoms with Crippen molar-refractivity contribution in [3.63, 3.8) is 0 Å². The fraction of sp³-hybridized carbons (Fsp3) is 0.583.